The lowest BCUT2D eigenvalue weighted by Gasteiger charge is -2.38. The summed E-state index contributed by atoms with van der Waals surface area (Å²) < 4.78 is 56.7. The predicted octanol–water partition coefficient (Wildman–Crippen LogP) is 2.82. The lowest BCUT2D eigenvalue weighted by molar-refractivity contribution is -0.129. The monoisotopic (exact) mass is 628 g/mol. The number of hydrogen-bond donors (Lipinski definition) is 3. The van der Waals surface area contributed by atoms with Crippen molar-refractivity contribution in [2.45, 2.75) is 55.7 Å². The number of halogens is 2. The number of benzene rings is 3. The SMILES string of the molecule is CCCCN1CC(C(=O)NC(Cc2cc(F)cc(F)c2)[C@H](O)[C@H]2CN(S(=O)(=O)c3ccc4ccccc4c3)CCN2)CC1=O. The van der Waals surface area contributed by atoms with Gasteiger partial charge in [0.2, 0.25) is 21.8 Å². The molecule has 2 heterocycles. The average Bonchev–Trinajstić information content (AvgIpc) is 3.38. The average molecular weight is 629 g/mol. The first-order valence-corrected chi connectivity index (χ1v) is 16.4. The van der Waals surface area contributed by atoms with Gasteiger partial charge in [-0.15, -0.1) is 0 Å². The van der Waals surface area contributed by atoms with Gasteiger partial charge in [0.1, 0.15) is 11.6 Å². The number of amides is 2. The van der Waals surface area contributed by atoms with Crippen LogP contribution in [-0.4, -0.2) is 85.5 Å². The highest BCUT2D eigenvalue weighted by atomic mass is 32.2. The molecule has 2 amide bonds. The van der Waals surface area contributed by atoms with Crippen molar-refractivity contribution in [2.24, 2.45) is 5.92 Å². The molecule has 0 bridgehead atoms. The molecule has 9 nitrogen and oxygen atoms in total. The Hall–Kier alpha value is -3.45. The number of sulfonamides is 1. The van der Waals surface area contributed by atoms with E-state index in [2.05, 4.69) is 10.6 Å². The van der Waals surface area contributed by atoms with Crippen LogP contribution in [0.3, 0.4) is 0 Å². The molecule has 2 unspecified atom stereocenters. The Bertz CT molecular complexity index is 1600. The van der Waals surface area contributed by atoms with Crippen molar-refractivity contribution in [2.75, 3.05) is 32.7 Å². The van der Waals surface area contributed by atoms with Crippen LogP contribution >= 0.6 is 0 Å². The van der Waals surface area contributed by atoms with E-state index in [-0.39, 0.29) is 55.4 Å². The van der Waals surface area contributed by atoms with Crippen LogP contribution in [0.4, 0.5) is 8.78 Å². The highest BCUT2D eigenvalue weighted by molar-refractivity contribution is 7.89. The lowest BCUT2D eigenvalue weighted by Crippen LogP contribution is -2.62. The van der Waals surface area contributed by atoms with Gasteiger partial charge in [-0.05, 0) is 53.4 Å². The molecule has 3 aromatic rings. The summed E-state index contributed by atoms with van der Waals surface area (Å²) in [6.45, 7) is 3.14. The van der Waals surface area contributed by atoms with Crippen molar-refractivity contribution in [3.8, 4) is 0 Å². The first-order valence-electron chi connectivity index (χ1n) is 15.0. The fraction of sp³-hybridized carbons (Fsp3) is 0.438. The number of likely N-dealkylation sites (tertiary alicyclic amines) is 1. The summed E-state index contributed by atoms with van der Waals surface area (Å²) in [5.41, 5.74) is 0.218. The summed E-state index contributed by atoms with van der Waals surface area (Å²) in [6.07, 6.45) is 0.317. The van der Waals surface area contributed by atoms with E-state index < -0.39 is 51.7 Å². The third kappa shape index (κ3) is 7.26. The summed E-state index contributed by atoms with van der Waals surface area (Å²) in [7, 11) is -3.92. The van der Waals surface area contributed by atoms with Crippen LogP contribution in [0.25, 0.3) is 10.8 Å². The number of rotatable bonds is 11. The van der Waals surface area contributed by atoms with Crippen LogP contribution in [0.2, 0.25) is 0 Å². The van der Waals surface area contributed by atoms with Crippen molar-refractivity contribution < 1.29 is 31.9 Å². The van der Waals surface area contributed by atoms with Crippen LogP contribution in [-0.2, 0) is 26.0 Å². The third-order valence-corrected chi connectivity index (χ3v) is 10.3. The van der Waals surface area contributed by atoms with Gasteiger partial charge in [0.15, 0.2) is 0 Å². The number of unbranched alkanes of at least 4 members (excludes halogenated alkanes) is 1. The van der Waals surface area contributed by atoms with Crippen LogP contribution in [0.15, 0.2) is 65.6 Å². The molecule has 4 atom stereocenters. The highest BCUT2D eigenvalue weighted by Gasteiger charge is 2.39. The van der Waals surface area contributed by atoms with E-state index >= 15 is 0 Å². The molecule has 3 aromatic carbocycles. The number of hydrogen-bond acceptors (Lipinski definition) is 6. The number of aliphatic hydroxyl groups is 1. The van der Waals surface area contributed by atoms with Crippen LogP contribution in [0.1, 0.15) is 31.7 Å². The Kier molecular flexibility index (Phi) is 9.94. The minimum atomic E-state index is -3.92. The number of nitrogens with one attached hydrogen (secondary N) is 2. The fourth-order valence-electron chi connectivity index (χ4n) is 6.01. The van der Waals surface area contributed by atoms with Gasteiger partial charge < -0.3 is 20.6 Å². The molecule has 0 aliphatic carbocycles. The Morgan fingerprint density at radius 3 is 2.52 bits per heavy atom. The number of carbonyl (C=O) groups excluding carboxylic acids is 2. The van der Waals surface area contributed by atoms with Gasteiger partial charge in [-0.2, -0.15) is 4.31 Å². The second-order valence-corrected chi connectivity index (χ2v) is 13.6. The van der Waals surface area contributed by atoms with E-state index in [9.17, 15) is 31.9 Å². The maximum Gasteiger partial charge on any atom is 0.243 e. The quantitative estimate of drug-likeness (QED) is 0.301. The van der Waals surface area contributed by atoms with Crippen molar-refractivity contribution in [1.82, 2.24) is 19.8 Å². The molecule has 3 N–H and O–H groups in total. The van der Waals surface area contributed by atoms with Crippen LogP contribution < -0.4 is 10.6 Å². The molecule has 2 fully saturated rings. The smallest absolute Gasteiger partial charge is 0.243 e. The first-order chi connectivity index (χ1) is 21.0. The summed E-state index contributed by atoms with van der Waals surface area (Å²) in [6, 6.07) is 13.5. The van der Waals surface area contributed by atoms with Crippen molar-refractivity contribution >= 4 is 32.6 Å². The van der Waals surface area contributed by atoms with E-state index in [1.807, 2.05) is 31.2 Å². The molecule has 0 spiro atoms. The number of aliphatic hydroxyl groups excluding tert-OH is 1. The van der Waals surface area contributed by atoms with Crippen molar-refractivity contribution in [1.29, 1.82) is 0 Å². The first kappa shape index (κ1) is 32.0. The molecule has 0 radical (unpaired) electrons. The standard InChI is InChI=1S/C32H38F2N4O5S/c1-2-3-11-37-19-24(17-30(37)39)32(41)36-28(15-21-13-25(33)18-26(34)14-21)31(40)29-20-38(12-10-35-29)44(42,43)27-9-8-22-6-4-5-7-23(22)16-27/h4-9,13-14,16,18,24,28-29,31,35,40H,2-3,10-12,15,17,19-20H2,1H3,(H,36,41)/t24?,28?,29-,31+/m1/s1. The number of piperazine rings is 1. The van der Waals surface area contributed by atoms with E-state index in [1.54, 1.807) is 23.1 Å². The maximum absolute atomic E-state index is 14.1. The summed E-state index contributed by atoms with van der Waals surface area (Å²) in [4.78, 5) is 27.6. The second kappa shape index (κ2) is 13.7. The Balaban J connectivity index is 1.35. The van der Waals surface area contributed by atoms with Gasteiger partial charge in [-0.25, -0.2) is 17.2 Å². The maximum atomic E-state index is 14.1. The third-order valence-electron chi connectivity index (χ3n) is 8.42. The molecule has 2 aliphatic rings. The zero-order valence-corrected chi connectivity index (χ0v) is 25.4. The molecular formula is C32H38F2N4O5S. The van der Waals surface area contributed by atoms with Gasteiger partial charge in [-0.3, -0.25) is 9.59 Å². The van der Waals surface area contributed by atoms with E-state index in [4.69, 9.17) is 0 Å². The van der Waals surface area contributed by atoms with Gasteiger partial charge >= 0.3 is 0 Å². The summed E-state index contributed by atoms with van der Waals surface area (Å²) >= 11 is 0. The van der Waals surface area contributed by atoms with Crippen LogP contribution in [0, 0.1) is 17.6 Å². The zero-order valence-electron chi connectivity index (χ0n) is 24.6. The van der Waals surface area contributed by atoms with Gasteiger partial charge in [0.05, 0.1) is 23.0 Å². The molecule has 236 valence electrons. The van der Waals surface area contributed by atoms with E-state index in [0.29, 0.717) is 6.54 Å². The minimum absolute atomic E-state index is 0.0341. The normalized spacial score (nSPS) is 21.0. The highest BCUT2D eigenvalue weighted by Crippen LogP contribution is 2.25. The molecule has 0 saturated carbocycles. The topological polar surface area (TPSA) is 119 Å². The number of fused-ring (bicyclic) bond motifs is 1. The molecule has 2 saturated heterocycles. The minimum Gasteiger partial charge on any atom is -0.389 e. The number of carbonyl (C=O) groups is 2. The van der Waals surface area contributed by atoms with Crippen molar-refractivity contribution in [3.63, 3.8) is 0 Å². The molecule has 0 aromatic heterocycles. The molecule has 12 heteroatoms. The van der Waals surface area contributed by atoms with Gasteiger partial charge in [0.25, 0.3) is 0 Å². The van der Waals surface area contributed by atoms with E-state index in [0.717, 1.165) is 41.8 Å². The van der Waals surface area contributed by atoms with Gasteiger partial charge in [-0.1, -0.05) is 43.7 Å². The molecule has 44 heavy (non-hydrogen) atoms. The zero-order chi connectivity index (χ0) is 31.4. The fourth-order valence-corrected chi connectivity index (χ4v) is 7.51. The molecule has 5 rings (SSSR count). The molecular weight excluding hydrogens is 590 g/mol. The summed E-state index contributed by atoms with van der Waals surface area (Å²) in [5, 5.41) is 19.2. The lowest BCUT2D eigenvalue weighted by atomic mass is 9.94. The second-order valence-electron chi connectivity index (χ2n) is 11.6. The Morgan fingerprint density at radius 2 is 1.80 bits per heavy atom. The largest absolute Gasteiger partial charge is 0.389 e. The van der Waals surface area contributed by atoms with Gasteiger partial charge in [0, 0.05) is 51.3 Å². The summed E-state index contributed by atoms with van der Waals surface area (Å²) in [5.74, 6) is -2.80. The predicted molar refractivity (Wildman–Crippen MR) is 162 cm³/mol. The Morgan fingerprint density at radius 1 is 1.07 bits per heavy atom. The van der Waals surface area contributed by atoms with E-state index in [1.165, 1.54) is 4.31 Å². The molecule has 2 aliphatic heterocycles. The Labute approximate surface area is 256 Å². The van der Waals surface area contributed by atoms with Crippen molar-refractivity contribution in [3.05, 3.63) is 77.9 Å². The number of nitrogens with zero attached hydrogens (tertiary/aromatic N) is 2. The van der Waals surface area contributed by atoms with Crippen LogP contribution in [0.5, 0.6) is 0 Å².